The fourth-order valence-electron chi connectivity index (χ4n) is 3.53. The summed E-state index contributed by atoms with van der Waals surface area (Å²) in [6.07, 6.45) is 0. The Bertz CT molecular complexity index is 1200. The van der Waals surface area contributed by atoms with Gasteiger partial charge in [0, 0.05) is 42.3 Å². The maximum atomic E-state index is 13.8. The minimum absolute atomic E-state index is 0.0767. The normalized spacial score (nSPS) is 12.5. The van der Waals surface area contributed by atoms with Crippen molar-refractivity contribution in [2.75, 3.05) is 24.9 Å². The van der Waals surface area contributed by atoms with Gasteiger partial charge in [0.05, 0.1) is 5.69 Å². The molecule has 2 rings (SSSR count). The number of carbonyl (C=O) groups excluding carboxylic acids is 2. The van der Waals surface area contributed by atoms with Gasteiger partial charge in [-0.15, -0.1) is 0 Å². The topological polar surface area (TPSA) is 90.0 Å². The van der Waals surface area contributed by atoms with Crippen molar-refractivity contribution >= 4 is 50.9 Å². The third-order valence-corrected chi connectivity index (χ3v) is 8.15. The van der Waals surface area contributed by atoms with Crippen molar-refractivity contribution in [1.29, 1.82) is 0 Å². The fourth-order valence-corrected chi connectivity index (χ4v) is 5.16. The molecule has 11 heteroatoms. The van der Waals surface area contributed by atoms with Gasteiger partial charge in [-0.2, -0.15) is 12.7 Å². The molecule has 2 aromatic rings. The summed E-state index contributed by atoms with van der Waals surface area (Å²) in [7, 11) is -1.25. The third-order valence-electron chi connectivity index (χ3n) is 5.64. The number of hydrogen-bond acceptors (Lipinski definition) is 4. The second-order valence-corrected chi connectivity index (χ2v) is 12.0. The summed E-state index contributed by atoms with van der Waals surface area (Å²) in [6.45, 7) is 8.23. The maximum absolute atomic E-state index is 13.8. The molecule has 0 bridgehead atoms. The van der Waals surface area contributed by atoms with Crippen LogP contribution in [0.25, 0.3) is 0 Å². The minimum Gasteiger partial charge on any atom is -0.352 e. The predicted octanol–water partition coefficient (Wildman–Crippen LogP) is 4.16. The van der Waals surface area contributed by atoms with E-state index in [1.165, 1.54) is 19.0 Å². The number of nitrogens with one attached hydrogen (secondary N) is 1. The molecule has 0 saturated carbocycles. The number of rotatable bonds is 10. The first-order valence-corrected chi connectivity index (χ1v) is 13.6. The van der Waals surface area contributed by atoms with Crippen LogP contribution in [0.4, 0.5) is 5.69 Å². The second-order valence-electron chi connectivity index (χ2n) is 9.15. The Kier molecular flexibility index (Phi) is 10.2. The van der Waals surface area contributed by atoms with E-state index in [1.807, 2.05) is 26.8 Å². The number of anilines is 1. The molecule has 0 spiro atoms. The van der Waals surface area contributed by atoms with Crippen molar-refractivity contribution in [2.24, 2.45) is 0 Å². The molecule has 2 amide bonds. The first kappa shape index (κ1) is 29.9. The molecule has 0 aliphatic rings. The lowest BCUT2D eigenvalue weighted by Crippen LogP contribution is -2.53. The van der Waals surface area contributed by atoms with Gasteiger partial charge in [-0.3, -0.25) is 9.59 Å². The third kappa shape index (κ3) is 7.12. The van der Waals surface area contributed by atoms with Gasteiger partial charge in [0.15, 0.2) is 0 Å². The van der Waals surface area contributed by atoms with Crippen molar-refractivity contribution in [3.63, 3.8) is 0 Å². The molecule has 0 aliphatic carbocycles. The van der Waals surface area contributed by atoms with Gasteiger partial charge < -0.3 is 10.2 Å². The number of amides is 2. The highest BCUT2D eigenvalue weighted by molar-refractivity contribution is 7.90. The Labute approximate surface area is 224 Å². The van der Waals surface area contributed by atoms with Crippen LogP contribution in [0.3, 0.4) is 0 Å². The highest BCUT2D eigenvalue weighted by Crippen LogP contribution is 2.28. The summed E-state index contributed by atoms with van der Waals surface area (Å²) in [5.41, 5.74) is 2.37. The Morgan fingerprint density at radius 3 is 2.11 bits per heavy atom. The minimum atomic E-state index is -4.05. The summed E-state index contributed by atoms with van der Waals surface area (Å²) in [5.74, 6) is -0.959. The zero-order valence-electron chi connectivity index (χ0n) is 21.7. The van der Waals surface area contributed by atoms with Crippen molar-refractivity contribution in [1.82, 2.24) is 14.5 Å². The van der Waals surface area contributed by atoms with Crippen LogP contribution in [-0.2, 0) is 26.3 Å². The first-order chi connectivity index (χ1) is 16.7. The quantitative estimate of drug-likeness (QED) is 0.475. The average Bonchev–Trinajstić information content (AvgIpc) is 2.77. The predicted molar refractivity (Wildman–Crippen MR) is 146 cm³/mol. The molecule has 0 saturated heterocycles. The summed E-state index contributed by atoms with van der Waals surface area (Å²) in [6, 6.07) is 9.27. The van der Waals surface area contributed by atoms with E-state index >= 15 is 0 Å². The molecular formula is C25H34Cl2N4O4S. The van der Waals surface area contributed by atoms with E-state index in [0.29, 0.717) is 26.9 Å². The summed E-state index contributed by atoms with van der Waals surface area (Å²) in [4.78, 5) is 28.0. The Morgan fingerprint density at radius 2 is 1.58 bits per heavy atom. The Morgan fingerprint density at radius 1 is 1.00 bits per heavy atom. The number of halogens is 2. The number of nitrogens with zero attached hydrogens (tertiary/aromatic N) is 3. The summed E-state index contributed by atoms with van der Waals surface area (Å²) in [5, 5.41) is 3.48. The lowest BCUT2D eigenvalue weighted by Gasteiger charge is -2.34. The SMILES string of the molecule is Cc1ccc(C)c(N(CC(=O)N(Cc2c(Cl)cccc2Cl)[C@@H](C)C(=O)NC(C)C)S(=O)(=O)N(C)C)c1. The van der Waals surface area contributed by atoms with Crippen LogP contribution in [0.2, 0.25) is 10.0 Å². The highest BCUT2D eigenvalue weighted by Gasteiger charge is 2.34. The van der Waals surface area contributed by atoms with Crippen molar-refractivity contribution in [3.8, 4) is 0 Å². The molecule has 36 heavy (non-hydrogen) atoms. The fraction of sp³-hybridized carbons (Fsp3) is 0.440. The van der Waals surface area contributed by atoms with E-state index < -0.39 is 28.7 Å². The van der Waals surface area contributed by atoms with Crippen LogP contribution in [0.15, 0.2) is 36.4 Å². The standard InChI is InChI=1S/C25H34Cl2N4O4S/c1-16(2)28-25(33)19(5)30(14-20-21(26)9-8-10-22(20)27)24(32)15-31(36(34,35)29(6)7)23-13-17(3)11-12-18(23)4/h8-13,16,19H,14-15H2,1-7H3,(H,28,33)/t19-/m0/s1. The Balaban J connectivity index is 2.57. The van der Waals surface area contributed by atoms with Crippen LogP contribution in [0, 0.1) is 13.8 Å². The van der Waals surface area contributed by atoms with Crippen LogP contribution in [-0.4, -0.2) is 62.2 Å². The number of hydrogen-bond donors (Lipinski definition) is 1. The van der Waals surface area contributed by atoms with Gasteiger partial charge in [-0.25, -0.2) is 4.31 Å². The molecule has 0 aromatic heterocycles. The lowest BCUT2D eigenvalue weighted by atomic mass is 10.1. The Hall–Kier alpha value is -2.33. The lowest BCUT2D eigenvalue weighted by molar-refractivity contribution is -0.139. The number of carbonyl (C=O) groups is 2. The van der Waals surface area contributed by atoms with Crippen LogP contribution < -0.4 is 9.62 Å². The molecule has 8 nitrogen and oxygen atoms in total. The van der Waals surface area contributed by atoms with E-state index in [-0.39, 0.29) is 18.5 Å². The van der Waals surface area contributed by atoms with E-state index in [9.17, 15) is 18.0 Å². The second kappa shape index (κ2) is 12.3. The zero-order chi connectivity index (χ0) is 27.4. The van der Waals surface area contributed by atoms with Gasteiger partial charge >= 0.3 is 10.2 Å². The maximum Gasteiger partial charge on any atom is 0.304 e. The largest absolute Gasteiger partial charge is 0.352 e. The number of benzene rings is 2. The van der Waals surface area contributed by atoms with E-state index in [0.717, 1.165) is 14.2 Å². The molecule has 0 heterocycles. The van der Waals surface area contributed by atoms with Crippen molar-refractivity contribution in [2.45, 2.75) is 53.2 Å². The van der Waals surface area contributed by atoms with Gasteiger partial charge in [0.2, 0.25) is 11.8 Å². The van der Waals surface area contributed by atoms with Gasteiger partial charge in [0.1, 0.15) is 12.6 Å². The van der Waals surface area contributed by atoms with Gasteiger partial charge in [-0.1, -0.05) is 41.4 Å². The first-order valence-electron chi connectivity index (χ1n) is 11.5. The van der Waals surface area contributed by atoms with Crippen LogP contribution >= 0.6 is 23.2 Å². The molecule has 0 aliphatic heterocycles. The van der Waals surface area contributed by atoms with Gasteiger partial charge in [0.25, 0.3) is 0 Å². The average molecular weight is 558 g/mol. The highest BCUT2D eigenvalue weighted by atomic mass is 35.5. The smallest absolute Gasteiger partial charge is 0.304 e. The molecule has 0 radical (unpaired) electrons. The summed E-state index contributed by atoms with van der Waals surface area (Å²) < 4.78 is 28.8. The van der Waals surface area contributed by atoms with E-state index in [2.05, 4.69) is 5.32 Å². The molecule has 0 unspecified atom stereocenters. The molecular weight excluding hydrogens is 523 g/mol. The zero-order valence-corrected chi connectivity index (χ0v) is 24.0. The van der Waals surface area contributed by atoms with Crippen LogP contribution in [0.1, 0.15) is 37.5 Å². The molecule has 2 aromatic carbocycles. The van der Waals surface area contributed by atoms with E-state index in [4.69, 9.17) is 23.2 Å². The van der Waals surface area contributed by atoms with Gasteiger partial charge in [-0.05, 0) is 63.9 Å². The molecule has 198 valence electrons. The van der Waals surface area contributed by atoms with Crippen molar-refractivity contribution < 1.29 is 18.0 Å². The molecule has 1 atom stereocenters. The molecule has 1 N–H and O–H groups in total. The van der Waals surface area contributed by atoms with Crippen LogP contribution in [0.5, 0.6) is 0 Å². The monoisotopic (exact) mass is 556 g/mol. The number of aryl methyl sites for hydroxylation is 2. The van der Waals surface area contributed by atoms with Crippen molar-refractivity contribution in [3.05, 3.63) is 63.1 Å². The summed E-state index contributed by atoms with van der Waals surface area (Å²) >= 11 is 12.7. The van der Waals surface area contributed by atoms with E-state index in [1.54, 1.807) is 44.2 Å². The molecule has 0 fully saturated rings.